The van der Waals surface area contributed by atoms with Gasteiger partial charge in [0, 0.05) is 18.5 Å². The molecule has 0 N–H and O–H groups in total. The van der Waals surface area contributed by atoms with Gasteiger partial charge < -0.3 is 4.42 Å². The van der Waals surface area contributed by atoms with Crippen LogP contribution in [-0.4, -0.2) is 10.4 Å². The maximum Gasteiger partial charge on any atom is 0.419 e. The molecule has 21 heavy (non-hydrogen) atoms. The van der Waals surface area contributed by atoms with E-state index in [1.54, 1.807) is 19.2 Å². The second-order valence-corrected chi connectivity index (χ2v) is 6.02. The van der Waals surface area contributed by atoms with E-state index in [9.17, 15) is 9.59 Å². The van der Waals surface area contributed by atoms with Crippen LogP contribution in [0.2, 0.25) is 0 Å². The predicted molar refractivity (Wildman–Crippen MR) is 81.6 cm³/mol. The van der Waals surface area contributed by atoms with Crippen molar-refractivity contribution < 1.29 is 9.21 Å². The quantitative estimate of drug-likeness (QED) is 0.792. The molecule has 0 amide bonds. The Kier molecular flexibility index (Phi) is 3.95. The Hall–Kier alpha value is -1.84. The molecule has 0 radical (unpaired) electrons. The molecule has 0 aliphatic heterocycles. The van der Waals surface area contributed by atoms with E-state index in [0.717, 1.165) is 31.2 Å². The van der Waals surface area contributed by atoms with Crippen molar-refractivity contribution in [3.8, 4) is 0 Å². The van der Waals surface area contributed by atoms with Crippen LogP contribution in [0.4, 0.5) is 0 Å². The summed E-state index contributed by atoms with van der Waals surface area (Å²) in [6.45, 7) is 0. The number of Topliss-reactive ketones (excluding diaryl/α,β-unsaturated/α-hetero) is 1. The standard InChI is InChI=1S/C17H21NO3/c1-18-14-10-9-13(11-15(14)21-17(18)20)16(19)12-7-5-3-2-4-6-8-12/h9-12H,2-8H2,1H3. The van der Waals surface area contributed by atoms with Crippen LogP contribution >= 0.6 is 0 Å². The van der Waals surface area contributed by atoms with Gasteiger partial charge in [-0.15, -0.1) is 0 Å². The van der Waals surface area contributed by atoms with E-state index in [4.69, 9.17) is 4.42 Å². The number of carbonyl (C=O) groups is 1. The lowest BCUT2D eigenvalue weighted by molar-refractivity contribution is 0.0898. The van der Waals surface area contributed by atoms with E-state index >= 15 is 0 Å². The topological polar surface area (TPSA) is 52.2 Å². The summed E-state index contributed by atoms with van der Waals surface area (Å²) in [7, 11) is 1.67. The Bertz CT molecular complexity index is 702. The second kappa shape index (κ2) is 5.88. The maximum atomic E-state index is 12.7. The first kappa shape index (κ1) is 14.1. The minimum atomic E-state index is -0.388. The summed E-state index contributed by atoms with van der Waals surface area (Å²) in [4.78, 5) is 24.2. The fourth-order valence-corrected chi connectivity index (χ4v) is 3.24. The Labute approximate surface area is 123 Å². The van der Waals surface area contributed by atoms with E-state index in [0.29, 0.717) is 11.1 Å². The number of oxazole rings is 1. The van der Waals surface area contributed by atoms with Gasteiger partial charge >= 0.3 is 5.76 Å². The molecule has 4 nitrogen and oxygen atoms in total. The smallest absolute Gasteiger partial charge is 0.408 e. The third-order valence-corrected chi connectivity index (χ3v) is 4.55. The number of fused-ring (bicyclic) bond motifs is 1. The molecule has 4 heteroatoms. The van der Waals surface area contributed by atoms with Crippen LogP contribution in [-0.2, 0) is 7.05 Å². The zero-order valence-electron chi connectivity index (χ0n) is 12.4. The van der Waals surface area contributed by atoms with Crippen LogP contribution in [0.1, 0.15) is 55.3 Å². The highest BCUT2D eigenvalue weighted by molar-refractivity contribution is 6.00. The van der Waals surface area contributed by atoms with Crippen molar-refractivity contribution in [3.63, 3.8) is 0 Å². The van der Waals surface area contributed by atoms with Crippen molar-refractivity contribution in [2.75, 3.05) is 0 Å². The normalized spacial score (nSPS) is 17.6. The van der Waals surface area contributed by atoms with Gasteiger partial charge in [0.05, 0.1) is 5.52 Å². The Morgan fingerprint density at radius 1 is 1.14 bits per heavy atom. The number of hydrogen-bond donors (Lipinski definition) is 0. The minimum Gasteiger partial charge on any atom is -0.408 e. The molecule has 1 saturated carbocycles. The van der Waals surface area contributed by atoms with Gasteiger partial charge in [-0.25, -0.2) is 4.79 Å². The van der Waals surface area contributed by atoms with Crippen LogP contribution in [0, 0.1) is 5.92 Å². The van der Waals surface area contributed by atoms with Gasteiger partial charge in [0.25, 0.3) is 0 Å². The first-order chi connectivity index (χ1) is 10.2. The fourth-order valence-electron chi connectivity index (χ4n) is 3.24. The molecular weight excluding hydrogens is 266 g/mol. The number of nitrogens with zero attached hydrogens (tertiary/aromatic N) is 1. The molecule has 0 bridgehead atoms. The largest absolute Gasteiger partial charge is 0.419 e. The van der Waals surface area contributed by atoms with Crippen molar-refractivity contribution in [2.24, 2.45) is 13.0 Å². The summed E-state index contributed by atoms with van der Waals surface area (Å²) in [6.07, 6.45) is 8.00. The fraction of sp³-hybridized carbons (Fsp3) is 0.529. The lowest BCUT2D eigenvalue weighted by Crippen LogP contribution is -2.16. The van der Waals surface area contributed by atoms with Crippen LogP contribution < -0.4 is 5.76 Å². The molecule has 1 heterocycles. The predicted octanol–water partition coefficient (Wildman–Crippen LogP) is 3.67. The summed E-state index contributed by atoms with van der Waals surface area (Å²) >= 11 is 0. The van der Waals surface area contributed by atoms with E-state index in [2.05, 4.69) is 0 Å². The third kappa shape index (κ3) is 2.80. The number of carbonyl (C=O) groups excluding carboxylic acids is 1. The zero-order valence-corrected chi connectivity index (χ0v) is 12.4. The van der Waals surface area contributed by atoms with Gasteiger partial charge in [-0.2, -0.15) is 0 Å². The molecule has 1 aromatic carbocycles. The van der Waals surface area contributed by atoms with Crippen LogP contribution in [0.25, 0.3) is 11.1 Å². The number of hydrogen-bond acceptors (Lipinski definition) is 3. The zero-order chi connectivity index (χ0) is 14.8. The van der Waals surface area contributed by atoms with Crippen molar-refractivity contribution in [1.29, 1.82) is 0 Å². The molecule has 0 unspecified atom stereocenters. The molecule has 1 aromatic heterocycles. The van der Waals surface area contributed by atoms with Crippen LogP contribution in [0.3, 0.4) is 0 Å². The van der Waals surface area contributed by atoms with Gasteiger partial charge in [0.15, 0.2) is 11.4 Å². The lowest BCUT2D eigenvalue weighted by atomic mass is 9.85. The lowest BCUT2D eigenvalue weighted by Gasteiger charge is -2.18. The monoisotopic (exact) mass is 287 g/mol. The minimum absolute atomic E-state index is 0.123. The van der Waals surface area contributed by atoms with Crippen molar-refractivity contribution >= 4 is 16.9 Å². The average Bonchev–Trinajstić information content (AvgIpc) is 2.73. The number of benzene rings is 1. The molecule has 0 atom stereocenters. The van der Waals surface area contributed by atoms with Crippen molar-refractivity contribution in [2.45, 2.75) is 44.9 Å². The maximum absolute atomic E-state index is 12.7. The van der Waals surface area contributed by atoms with Gasteiger partial charge in [-0.1, -0.05) is 32.1 Å². The summed E-state index contributed by atoms with van der Waals surface area (Å²) in [6, 6.07) is 5.34. The Balaban J connectivity index is 1.88. The average molecular weight is 287 g/mol. The third-order valence-electron chi connectivity index (χ3n) is 4.55. The van der Waals surface area contributed by atoms with Gasteiger partial charge in [-0.05, 0) is 31.0 Å². The van der Waals surface area contributed by atoms with Crippen LogP contribution in [0.15, 0.2) is 27.4 Å². The van der Waals surface area contributed by atoms with Gasteiger partial charge in [0.2, 0.25) is 0 Å². The molecule has 112 valence electrons. The number of aromatic nitrogens is 1. The Morgan fingerprint density at radius 2 is 1.81 bits per heavy atom. The molecular formula is C17H21NO3. The number of ketones is 1. The molecule has 3 rings (SSSR count). The molecule has 0 saturated heterocycles. The van der Waals surface area contributed by atoms with E-state index in [-0.39, 0.29) is 17.5 Å². The highest BCUT2D eigenvalue weighted by Gasteiger charge is 2.21. The first-order valence-electron chi connectivity index (χ1n) is 7.80. The summed E-state index contributed by atoms with van der Waals surface area (Å²) in [5, 5.41) is 0. The number of rotatable bonds is 2. The van der Waals surface area contributed by atoms with Gasteiger partial charge in [-0.3, -0.25) is 9.36 Å². The molecule has 1 aliphatic carbocycles. The summed E-state index contributed by atoms with van der Waals surface area (Å²) in [5.74, 6) is -0.0657. The van der Waals surface area contributed by atoms with Crippen molar-refractivity contribution in [3.05, 3.63) is 34.3 Å². The Morgan fingerprint density at radius 3 is 2.52 bits per heavy atom. The first-order valence-corrected chi connectivity index (χ1v) is 7.80. The summed E-state index contributed by atoms with van der Waals surface area (Å²) < 4.78 is 6.63. The summed E-state index contributed by atoms with van der Waals surface area (Å²) in [5.41, 5.74) is 1.90. The van der Waals surface area contributed by atoms with E-state index in [1.165, 1.54) is 23.8 Å². The SMILES string of the molecule is Cn1c(=O)oc2cc(C(=O)C3CCCCCCC3)ccc21. The van der Waals surface area contributed by atoms with E-state index < -0.39 is 0 Å². The highest BCUT2D eigenvalue weighted by Crippen LogP contribution is 2.26. The van der Waals surface area contributed by atoms with Gasteiger partial charge in [0.1, 0.15) is 0 Å². The number of aryl methyl sites for hydroxylation is 1. The molecule has 2 aromatic rings. The molecule has 0 spiro atoms. The second-order valence-electron chi connectivity index (χ2n) is 6.02. The molecule has 1 fully saturated rings. The van der Waals surface area contributed by atoms with E-state index in [1.807, 2.05) is 6.07 Å². The van der Waals surface area contributed by atoms with Crippen molar-refractivity contribution in [1.82, 2.24) is 4.57 Å². The van der Waals surface area contributed by atoms with Crippen LogP contribution in [0.5, 0.6) is 0 Å². The molecule has 1 aliphatic rings. The highest BCUT2D eigenvalue weighted by atomic mass is 16.4.